The average molecular weight is 386 g/mol. The highest BCUT2D eigenvalue weighted by atomic mass is 35.5. The highest BCUT2D eigenvalue weighted by Crippen LogP contribution is 2.35. The molecule has 1 atom stereocenters. The first-order valence-corrected chi connectivity index (χ1v) is 9.51. The van der Waals surface area contributed by atoms with Crippen LogP contribution in [-0.2, 0) is 17.6 Å². The molecule has 3 aromatic rings. The fourth-order valence-electron chi connectivity index (χ4n) is 4.09. The van der Waals surface area contributed by atoms with E-state index in [0.717, 1.165) is 51.8 Å². The van der Waals surface area contributed by atoms with E-state index in [9.17, 15) is 9.18 Å². The van der Waals surface area contributed by atoms with E-state index >= 15 is 0 Å². The first-order chi connectivity index (χ1) is 12.9. The maximum Gasteiger partial charge on any atom is 0.231 e. The maximum absolute atomic E-state index is 13.6. The Bertz CT molecular complexity index is 1060. The minimum Gasteiger partial charge on any atom is -0.464 e. The minimum absolute atomic E-state index is 0.0196. The number of nitrogens with zero attached hydrogens (tertiary/aromatic N) is 1. The molecular formula is C22H21ClFNO2. The Labute approximate surface area is 162 Å². The maximum atomic E-state index is 13.6. The summed E-state index contributed by atoms with van der Waals surface area (Å²) in [6.07, 6.45) is 3.46. The lowest BCUT2D eigenvalue weighted by atomic mass is 9.95. The smallest absolute Gasteiger partial charge is 0.231 e. The zero-order chi connectivity index (χ0) is 19.3. The summed E-state index contributed by atoms with van der Waals surface area (Å²) in [6, 6.07) is 6.62. The van der Waals surface area contributed by atoms with Crippen LogP contribution in [0.3, 0.4) is 0 Å². The zero-order valence-electron chi connectivity index (χ0n) is 15.6. The minimum atomic E-state index is -0.267. The van der Waals surface area contributed by atoms with Crippen LogP contribution in [0.15, 0.2) is 34.9 Å². The summed E-state index contributed by atoms with van der Waals surface area (Å²) in [7, 11) is 0. The summed E-state index contributed by atoms with van der Waals surface area (Å²) < 4.78 is 19.3. The van der Waals surface area contributed by atoms with Gasteiger partial charge in [-0.05, 0) is 74.6 Å². The molecule has 2 aromatic carbocycles. The number of hydrogen-bond donors (Lipinski definition) is 0. The Morgan fingerprint density at radius 1 is 1.33 bits per heavy atom. The van der Waals surface area contributed by atoms with Crippen molar-refractivity contribution in [3.63, 3.8) is 0 Å². The number of anilines is 1. The predicted octanol–water partition coefficient (Wildman–Crippen LogP) is 5.75. The van der Waals surface area contributed by atoms with Crippen LogP contribution >= 0.6 is 11.6 Å². The van der Waals surface area contributed by atoms with E-state index in [0.29, 0.717) is 5.02 Å². The van der Waals surface area contributed by atoms with Crippen LogP contribution < -0.4 is 4.90 Å². The van der Waals surface area contributed by atoms with Gasteiger partial charge in [0.05, 0.1) is 12.7 Å². The third kappa shape index (κ3) is 3.02. The van der Waals surface area contributed by atoms with Gasteiger partial charge in [-0.3, -0.25) is 4.79 Å². The SMILES string of the molecule is Cc1cc2occ(CC(=O)N3c4ccc(F)cc4CCC3C)c2c(C)c1Cl. The Morgan fingerprint density at radius 2 is 2.11 bits per heavy atom. The van der Waals surface area contributed by atoms with Crippen molar-refractivity contribution in [1.82, 2.24) is 0 Å². The van der Waals surface area contributed by atoms with Gasteiger partial charge in [-0.25, -0.2) is 4.39 Å². The fraction of sp³-hybridized carbons (Fsp3) is 0.318. The summed E-state index contributed by atoms with van der Waals surface area (Å²) in [4.78, 5) is 15.0. The lowest BCUT2D eigenvalue weighted by molar-refractivity contribution is -0.118. The molecule has 1 aromatic heterocycles. The third-order valence-corrected chi connectivity index (χ3v) is 6.06. The molecule has 1 aliphatic rings. The lowest BCUT2D eigenvalue weighted by Crippen LogP contribution is -2.43. The molecular weight excluding hydrogens is 365 g/mol. The standard InChI is InChI=1S/C22H21ClFNO2/c1-12-8-19-21(14(3)22(12)23)16(11-27-19)10-20(26)25-13(2)4-5-15-9-17(24)6-7-18(15)25/h6-9,11,13H,4-5,10H2,1-3H3. The highest BCUT2D eigenvalue weighted by Gasteiger charge is 2.29. The summed E-state index contributed by atoms with van der Waals surface area (Å²) in [6.45, 7) is 5.92. The number of hydrogen-bond acceptors (Lipinski definition) is 2. The second kappa shape index (κ2) is 6.68. The van der Waals surface area contributed by atoms with Crippen molar-refractivity contribution < 1.29 is 13.6 Å². The summed E-state index contributed by atoms with van der Waals surface area (Å²) in [5, 5.41) is 1.60. The monoisotopic (exact) mass is 385 g/mol. The average Bonchev–Trinajstić information content (AvgIpc) is 3.02. The number of furan rings is 1. The predicted molar refractivity (Wildman–Crippen MR) is 106 cm³/mol. The van der Waals surface area contributed by atoms with E-state index < -0.39 is 0 Å². The van der Waals surface area contributed by atoms with Crippen molar-refractivity contribution >= 4 is 34.2 Å². The van der Waals surface area contributed by atoms with E-state index in [1.807, 2.05) is 26.8 Å². The number of halogens is 2. The molecule has 1 aliphatic heterocycles. The van der Waals surface area contributed by atoms with Gasteiger partial charge >= 0.3 is 0 Å². The van der Waals surface area contributed by atoms with E-state index in [4.69, 9.17) is 16.0 Å². The highest BCUT2D eigenvalue weighted by molar-refractivity contribution is 6.33. The van der Waals surface area contributed by atoms with Gasteiger partial charge in [0.1, 0.15) is 11.4 Å². The Balaban J connectivity index is 1.71. The second-order valence-electron chi connectivity index (χ2n) is 7.37. The Kier molecular flexibility index (Phi) is 4.47. The van der Waals surface area contributed by atoms with Gasteiger partial charge < -0.3 is 9.32 Å². The molecule has 2 heterocycles. The van der Waals surface area contributed by atoms with E-state index in [1.165, 1.54) is 12.1 Å². The second-order valence-corrected chi connectivity index (χ2v) is 7.75. The Hall–Kier alpha value is -2.33. The number of amides is 1. The zero-order valence-corrected chi connectivity index (χ0v) is 16.4. The molecule has 27 heavy (non-hydrogen) atoms. The van der Waals surface area contributed by atoms with Gasteiger partial charge in [0.25, 0.3) is 0 Å². The summed E-state index contributed by atoms with van der Waals surface area (Å²) in [5.41, 5.74) is 5.14. The number of carbonyl (C=O) groups is 1. The normalized spacial score (nSPS) is 16.6. The van der Waals surface area contributed by atoms with Crippen LogP contribution in [0.1, 0.15) is 35.6 Å². The molecule has 0 saturated carbocycles. The molecule has 0 N–H and O–H groups in total. The van der Waals surface area contributed by atoms with Crippen molar-refractivity contribution in [3.8, 4) is 0 Å². The number of benzene rings is 2. The van der Waals surface area contributed by atoms with E-state index in [2.05, 4.69) is 0 Å². The van der Waals surface area contributed by atoms with Crippen LogP contribution in [0.25, 0.3) is 11.0 Å². The largest absolute Gasteiger partial charge is 0.464 e. The van der Waals surface area contributed by atoms with E-state index in [-0.39, 0.29) is 24.2 Å². The number of rotatable bonds is 2. The first-order valence-electron chi connectivity index (χ1n) is 9.13. The van der Waals surface area contributed by atoms with Crippen LogP contribution in [0.4, 0.5) is 10.1 Å². The van der Waals surface area contributed by atoms with Crippen molar-refractivity contribution in [1.29, 1.82) is 0 Å². The fourth-order valence-corrected chi connectivity index (χ4v) is 4.24. The topological polar surface area (TPSA) is 33.5 Å². The molecule has 0 aliphatic carbocycles. The number of fused-ring (bicyclic) bond motifs is 2. The first kappa shape index (κ1) is 18.1. The van der Waals surface area contributed by atoms with Gasteiger partial charge in [0.15, 0.2) is 0 Å². The molecule has 140 valence electrons. The van der Waals surface area contributed by atoms with Crippen molar-refractivity contribution in [3.05, 3.63) is 63.6 Å². The molecule has 0 spiro atoms. The number of carbonyl (C=O) groups excluding carboxylic acids is 1. The van der Waals surface area contributed by atoms with Crippen LogP contribution in [0.2, 0.25) is 5.02 Å². The van der Waals surface area contributed by atoms with Gasteiger partial charge in [0.2, 0.25) is 5.91 Å². The summed E-state index contributed by atoms with van der Waals surface area (Å²) in [5.74, 6) is -0.286. The molecule has 0 radical (unpaired) electrons. The molecule has 5 heteroatoms. The molecule has 1 amide bonds. The number of aryl methyl sites for hydroxylation is 3. The molecule has 0 bridgehead atoms. The molecule has 4 rings (SSSR count). The van der Waals surface area contributed by atoms with Crippen LogP contribution in [-0.4, -0.2) is 11.9 Å². The summed E-state index contributed by atoms with van der Waals surface area (Å²) >= 11 is 6.40. The van der Waals surface area contributed by atoms with Crippen molar-refractivity contribution in [2.75, 3.05) is 4.90 Å². The molecule has 0 saturated heterocycles. The molecule has 0 fully saturated rings. The van der Waals surface area contributed by atoms with Gasteiger partial charge in [0, 0.05) is 27.7 Å². The van der Waals surface area contributed by atoms with Gasteiger partial charge in [-0.2, -0.15) is 0 Å². The van der Waals surface area contributed by atoms with Crippen LogP contribution in [0.5, 0.6) is 0 Å². The van der Waals surface area contributed by atoms with Gasteiger partial charge in [-0.15, -0.1) is 0 Å². The lowest BCUT2D eigenvalue weighted by Gasteiger charge is -2.35. The van der Waals surface area contributed by atoms with Crippen molar-refractivity contribution in [2.45, 2.75) is 46.1 Å². The molecule has 1 unspecified atom stereocenters. The van der Waals surface area contributed by atoms with Crippen LogP contribution in [0, 0.1) is 19.7 Å². The Morgan fingerprint density at radius 3 is 2.89 bits per heavy atom. The van der Waals surface area contributed by atoms with Gasteiger partial charge in [-0.1, -0.05) is 11.6 Å². The van der Waals surface area contributed by atoms with Crippen molar-refractivity contribution in [2.24, 2.45) is 0 Å². The third-order valence-electron chi connectivity index (χ3n) is 5.48. The molecule has 3 nitrogen and oxygen atoms in total. The quantitative estimate of drug-likeness (QED) is 0.562. The van der Waals surface area contributed by atoms with E-state index in [1.54, 1.807) is 17.2 Å².